The molecule has 0 aliphatic rings. The van der Waals surface area contributed by atoms with E-state index in [1.807, 2.05) is 22.9 Å². The van der Waals surface area contributed by atoms with Crippen LogP contribution in [0, 0.1) is 0 Å². The lowest BCUT2D eigenvalue weighted by Gasteiger charge is -2.13. The van der Waals surface area contributed by atoms with Crippen molar-refractivity contribution in [3.63, 3.8) is 0 Å². The van der Waals surface area contributed by atoms with Crippen molar-refractivity contribution < 1.29 is 4.74 Å². The van der Waals surface area contributed by atoms with Crippen LogP contribution < -0.4 is 10.1 Å². The molecule has 0 bridgehead atoms. The minimum atomic E-state index is 0.788. The molecule has 1 heterocycles. The number of imidazole rings is 1. The van der Waals surface area contributed by atoms with Crippen LogP contribution >= 0.6 is 31.9 Å². The van der Waals surface area contributed by atoms with Crippen molar-refractivity contribution in [1.82, 2.24) is 9.55 Å². The molecule has 20 heavy (non-hydrogen) atoms. The van der Waals surface area contributed by atoms with Gasteiger partial charge in [0.25, 0.3) is 0 Å². The van der Waals surface area contributed by atoms with Gasteiger partial charge in [0.15, 0.2) is 0 Å². The van der Waals surface area contributed by atoms with E-state index in [1.54, 1.807) is 13.3 Å². The van der Waals surface area contributed by atoms with E-state index in [9.17, 15) is 0 Å². The van der Waals surface area contributed by atoms with E-state index in [2.05, 4.69) is 49.1 Å². The largest absolute Gasteiger partial charge is 0.495 e. The van der Waals surface area contributed by atoms with Gasteiger partial charge in [0, 0.05) is 29.5 Å². The molecule has 0 saturated heterocycles. The second-order valence-electron chi connectivity index (χ2n) is 4.34. The van der Waals surface area contributed by atoms with E-state index in [4.69, 9.17) is 4.74 Å². The fourth-order valence-corrected chi connectivity index (χ4v) is 3.21. The van der Waals surface area contributed by atoms with Crippen LogP contribution in [0.2, 0.25) is 0 Å². The van der Waals surface area contributed by atoms with Crippen molar-refractivity contribution in [3.05, 3.63) is 33.5 Å². The fourth-order valence-electron chi connectivity index (χ4n) is 1.87. The lowest BCUT2D eigenvalue weighted by molar-refractivity contribution is 0.412. The molecule has 4 nitrogen and oxygen atoms in total. The molecule has 2 aromatic rings. The normalized spacial score (nSPS) is 10.6. The van der Waals surface area contributed by atoms with Crippen LogP contribution in [0.15, 0.2) is 33.5 Å². The Bertz CT molecular complexity index is 584. The Morgan fingerprint density at radius 2 is 2.10 bits per heavy atom. The first-order valence-corrected chi connectivity index (χ1v) is 8.06. The van der Waals surface area contributed by atoms with Gasteiger partial charge in [-0.15, -0.1) is 0 Å². The monoisotopic (exact) mass is 401 g/mol. The number of nitrogens with zero attached hydrogens (tertiary/aromatic N) is 2. The van der Waals surface area contributed by atoms with Crippen LogP contribution in [0.25, 0.3) is 5.69 Å². The van der Waals surface area contributed by atoms with E-state index < -0.39 is 0 Å². The zero-order valence-electron chi connectivity index (χ0n) is 11.5. The lowest BCUT2D eigenvalue weighted by Crippen LogP contribution is -2.07. The van der Waals surface area contributed by atoms with E-state index in [0.717, 1.165) is 45.7 Å². The summed E-state index contributed by atoms with van der Waals surface area (Å²) in [5.74, 6) is 1.62. The highest BCUT2D eigenvalue weighted by molar-refractivity contribution is 9.11. The third kappa shape index (κ3) is 3.35. The number of ether oxygens (including phenoxy) is 1. The SMILES string of the molecule is CCCCNc1nccn1-c1cc(OC)c(Br)cc1Br. The molecule has 1 aromatic heterocycles. The molecule has 0 aliphatic heterocycles. The molecule has 0 unspecified atom stereocenters. The first-order chi connectivity index (χ1) is 9.67. The van der Waals surface area contributed by atoms with Gasteiger partial charge in [-0.05, 0) is 44.3 Å². The minimum Gasteiger partial charge on any atom is -0.495 e. The molecular formula is C14H17Br2N3O. The molecule has 0 amide bonds. The number of rotatable bonds is 6. The summed E-state index contributed by atoms with van der Waals surface area (Å²) in [6.07, 6.45) is 6.00. The van der Waals surface area contributed by atoms with Crippen LogP contribution in [-0.2, 0) is 0 Å². The Morgan fingerprint density at radius 3 is 2.80 bits per heavy atom. The topological polar surface area (TPSA) is 39.1 Å². The zero-order valence-corrected chi connectivity index (χ0v) is 14.7. The molecule has 0 aliphatic carbocycles. The van der Waals surface area contributed by atoms with Crippen molar-refractivity contribution >= 4 is 37.8 Å². The van der Waals surface area contributed by atoms with Crippen LogP contribution in [0.3, 0.4) is 0 Å². The van der Waals surface area contributed by atoms with Crippen molar-refractivity contribution in [1.29, 1.82) is 0 Å². The van der Waals surface area contributed by atoms with Crippen molar-refractivity contribution in [3.8, 4) is 11.4 Å². The number of methoxy groups -OCH3 is 1. The van der Waals surface area contributed by atoms with Gasteiger partial charge in [-0.1, -0.05) is 13.3 Å². The average molecular weight is 403 g/mol. The first-order valence-electron chi connectivity index (χ1n) is 6.48. The summed E-state index contributed by atoms with van der Waals surface area (Å²) in [7, 11) is 1.66. The van der Waals surface area contributed by atoms with E-state index in [-0.39, 0.29) is 0 Å². The predicted molar refractivity (Wildman–Crippen MR) is 88.9 cm³/mol. The van der Waals surface area contributed by atoms with Gasteiger partial charge in [0.05, 0.1) is 17.3 Å². The first kappa shape index (κ1) is 15.4. The Balaban J connectivity index is 2.34. The highest BCUT2D eigenvalue weighted by Crippen LogP contribution is 2.34. The molecule has 108 valence electrons. The van der Waals surface area contributed by atoms with Gasteiger partial charge < -0.3 is 10.1 Å². The van der Waals surface area contributed by atoms with Gasteiger partial charge in [0.1, 0.15) is 5.75 Å². The third-order valence-electron chi connectivity index (χ3n) is 2.93. The standard InChI is InChI=1S/C14H17Br2N3O/c1-3-4-5-17-14-18-6-7-19(14)12-9-13(20-2)11(16)8-10(12)15/h6-9H,3-5H2,1-2H3,(H,17,18). The Labute approximate surface area is 135 Å². The summed E-state index contributed by atoms with van der Waals surface area (Å²) in [5, 5.41) is 3.35. The molecule has 1 N–H and O–H groups in total. The Kier molecular flexibility index (Phi) is 5.48. The second kappa shape index (κ2) is 7.13. The Morgan fingerprint density at radius 1 is 1.30 bits per heavy atom. The summed E-state index contributed by atoms with van der Waals surface area (Å²) >= 11 is 7.06. The van der Waals surface area contributed by atoms with E-state index in [0.29, 0.717) is 0 Å². The molecule has 0 saturated carbocycles. The number of aromatic nitrogens is 2. The van der Waals surface area contributed by atoms with E-state index >= 15 is 0 Å². The number of halogens is 2. The quantitative estimate of drug-likeness (QED) is 0.716. The van der Waals surface area contributed by atoms with Crippen LogP contribution in [-0.4, -0.2) is 23.2 Å². The molecule has 0 radical (unpaired) electrons. The maximum Gasteiger partial charge on any atom is 0.207 e. The highest BCUT2D eigenvalue weighted by atomic mass is 79.9. The maximum absolute atomic E-state index is 5.36. The van der Waals surface area contributed by atoms with Crippen LogP contribution in [0.5, 0.6) is 5.75 Å². The number of unbranched alkanes of at least 4 members (excludes halogenated alkanes) is 1. The summed E-state index contributed by atoms with van der Waals surface area (Å²) in [4.78, 5) is 4.36. The van der Waals surface area contributed by atoms with Gasteiger partial charge in [-0.25, -0.2) is 4.98 Å². The Hall–Kier alpha value is -1.01. The maximum atomic E-state index is 5.36. The average Bonchev–Trinajstić information content (AvgIpc) is 2.87. The molecule has 6 heteroatoms. The van der Waals surface area contributed by atoms with Gasteiger partial charge >= 0.3 is 0 Å². The molecule has 0 fully saturated rings. The third-order valence-corrected chi connectivity index (χ3v) is 4.19. The molecule has 1 aromatic carbocycles. The second-order valence-corrected chi connectivity index (χ2v) is 6.05. The summed E-state index contributed by atoms with van der Waals surface area (Å²) in [5.41, 5.74) is 0.988. The smallest absolute Gasteiger partial charge is 0.207 e. The predicted octanol–water partition coefficient (Wildman–Crippen LogP) is 4.62. The molecular weight excluding hydrogens is 386 g/mol. The van der Waals surface area contributed by atoms with Gasteiger partial charge in [-0.3, -0.25) is 4.57 Å². The van der Waals surface area contributed by atoms with Gasteiger partial charge in [0.2, 0.25) is 5.95 Å². The fraction of sp³-hybridized carbons (Fsp3) is 0.357. The minimum absolute atomic E-state index is 0.788. The number of anilines is 1. The summed E-state index contributed by atoms with van der Waals surface area (Å²) in [6, 6.07) is 3.95. The number of benzene rings is 1. The molecule has 0 atom stereocenters. The number of nitrogens with one attached hydrogen (secondary N) is 1. The lowest BCUT2D eigenvalue weighted by atomic mass is 10.3. The summed E-state index contributed by atoms with van der Waals surface area (Å²) < 4.78 is 9.25. The van der Waals surface area contributed by atoms with Crippen molar-refractivity contribution in [2.45, 2.75) is 19.8 Å². The van der Waals surface area contributed by atoms with Crippen molar-refractivity contribution in [2.24, 2.45) is 0 Å². The van der Waals surface area contributed by atoms with Crippen molar-refractivity contribution in [2.75, 3.05) is 19.0 Å². The van der Waals surface area contributed by atoms with E-state index in [1.165, 1.54) is 0 Å². The molecule has 0 spiro atoms. The van der Waals surface area contributed by atoms with Gasteiger partial charge in [-0.2, -0.15) is 0 Å². The van der Waals surface area contributed by atoms with Crippen LogP contribution in [0.4, 0.5) is 5.95 Å². The molecule has 2 rings (SSSR count). The number of hydrogen-bond acceptors (Lipinski definition) is 3. The summed E-state index contributed by atoms with van der Waals surface area (Å²) in [6.45, 7) is 3.09. The highest BCUT2D eigenvalue weighted by Gasteiger charge is 2.11. The number of hydrogen-bond donors (Lipinski definition) is 1. The van der Waals surface area contributed by atoms with Crippen LogP contribution in [0.1, 0.15) is 19.8 Å². The zero-order chi connectivity index (χ0) is 14.5.